The topological polar surface area (TPSA) is 176 Å². The first-order chi connectivity index (χ1) is 27.5. The van der Waals surface area contributed by atoms with Crippen molar-refractivity contribution in [3.05, 3.63) is 81.1 Å². The van der Waals surface area contributed by atoms with Crippen molar-refractivity contribution in [1.82, 2.24) is 15.1 Å². The summed E-state index contributed by atoms with van der Waals surface area (Å²) in [6.45, 7) is 17.5. The van der Waals surface area contributed by atoms with Gasteiger partial charge in [-0.05, 0) is 119 Å². The van der Waals surface area contributed by atoms with Gasteiger partial charge >= 0.3 is 23.2 Å². The maximum absolute atomic E-state index is 13.9. The number of hydrogen-bond acceptors (Lipinski definition) is 10. The van der Waals surface area contributed by atoms with E-state index in [1.54, 1.807) is 49.1 Å². The molecule has 16 heteroatoms. The summed E-state index contributed by atoms with van der Waals surface area (Å²) in [6, 6.07) is 11.8. The van der Waals surface area contributed by atoms with Crippen molar-refractivity contribution >= 4 is 51.4 Å². The number of rotatable bonds is 2. The summed E-state index contributed by atoms with van der Waals surface area (Å²) in [5.74, 6) is 0.327. The zero-order valence-corrected chi connectivity index (χ0v) is 37.1. The second-order valence-electron chi connectivity index (χ2n) is 17.2. The van der Waals surface area contributed by atoms with Crippen LogP contribution in [0.2, 0.25) is 0 Å². The minimum atomic E-state index is -1.05. The van der Waals surface area contributed by atoms with Gasteiger partial charge in [-0.15, -0.1) is 0 Å². The maximum Gasteiger partial charge on any atom is 1.00 e. The summed E-state index contributed by atoms with van der Waals surface area (Å²) in [5.41, 5.74) is 7.35. The Labute approximate surface area is 380 Å². The number of fused-ring (bicyclic) bond motifs is 6. The molecule has 4 aliphatic carbocycles. The molecular formula is C45H60BrCuN8O6. The second kappa shape index (κ2) is 19.0. The van der Waals surface area contributed by atoms with E-state index in [1.165, 1.54) is 9.80 Å². The summed E-state index contributed by atoms with van der Waals surface area (Å²) in [5, 5.41) is 8.96. The fourth-order valence-corrected chi connectivity index (χ4v) is 10.7. The van der Waals surface area contributed by atoms with Crippen molar-refractivity contribution in [2.45, 2.75) is 129 Å². The van der Waals surface area contributed by atoms with Gasteiger partial charge in [0, 0.05) is 43.6 Å². The number of nitrogens with one attached hydrogen (secondary N) is 1. The van der Waals surface area contributed by atoms with Gasteiger partial charge in [0.05, 0.1) is 18.8 Å². The largest absolute Gasteiger partial charge is 1.00 e. The SMILES string of the molecule is C.C.COC1CCC2(CC1)Cc1ccc(Br)cc1C21N=C(NC(=O)OC(C)(C)C)N(C)C1=O.[C-]#N.[C-]#[N+]c1ccc2c(c1)C1(N=C(N)N(C)C1=O)C1(CCC(OC)CC1)C2.[Cu+]. The number of guanidine groups is 2. The number of carbonyl (C=O) groups excluding carboxylic acids is 3. The molecule has 2 fully saturated rings. The fourth-order valence-electron chi connectivity index (χ4n) is 10.4. The first kappa shape index (κ1) is 51.0. The molecule has 3 N–H and O–H groups in total. The third kappa shape index (κ3) is 8.35. The van der Waals surface area contributed by atoms with E-state index in [9.17, 15) is 14.4 Å². The van der Waals surface area contributed by atoms with Crippen LogP contribution >= 0.6 is 15.9 Å². The number of halogens is 1. The van der Waals surface area contributed by atoms with E-state index in [2.05, 4.69) is 32.2 Å². The number of alkyl carbamates (subject to hydrolysis) is 1. The van der Waals surface area contributed by atoms with Crippen LogP contribution < -0.4 is 11.1 Å². The number of nitrogens with two attached hydrogens (primary N) is 1. The molecule has 2 heterocycles. The Morgan fingerprint density at radius 1 is 0.852 bits per heavy atom. The third-order valence-electron chi connectivity index (χ3n) is 13.2. The average Bonchev–Trinajstić information content (AvgIpc) is 3.81. The van der Waals surface area contributed by atoms with E-state index < -0.39 is 22.8 Å². The second-order valence-corrected chi connectivity index (χ2v) is 18.1. The maximum atomic E-state index is 13.9. The van der Waals surface area contributed by atoms with Crippen LogP contribution in [0.15, 0.2) is 50.9 Å². The summed E-state index contributed by atoms with van der Waals surface area (Å²) in [4.78, 5) is 55.9. The predicted octanol–water partition coefficient (Wildman–Crippen LogP) is 7.85. The van der Waals surface area contributed by atoms with Crippen LogP contribution in [0.3, 0.4) is 0 Å². The van der Waals surface area contributed by atoms with Crippen LogP contribution in [0.5, 0.6) is 0 Å². The first-order valence-corrected chi connectivity index (χ1v) is 20.4. The Balaban J connectivity index is 0.000000304. The molecule has 2 atom stereocenters. The fraction of sp³-hybridized carbons (Fsp3) is 0.578. The zero-order chi connectivity index (χ0) is 42.4. The van der Waals surface area contributed by atoms with E-state index in [-0.39, 0.29) is 78.7 Å². The predicted molar refractivity (Wildman–Crippen MR) is 233 cm³/mol. The molecule has 4 spiro atoms. The van der Waals surface area contributed by atoms with E-state index in [0.717, 1.165) is 90.9 Å². The van der Waals surface area contributed by atoms with E-state index in [0.29, 0.717) is 5.69 Å². The van der Waals surface area contributed by atoms with Gasteiger partial charge in [0.15, 0.2) is 22.7 Å². The molecule has 2 aromatic rings. The molecule has 0 aromatic heterocycles. The number of likely N-dealkylation sites (N-methyl/N-ethyl adjacent to an activating group) is 2. The summed E-state index contributed by atoms with van der Waals surface area (Å²) in [6.07, 6.45) is 8.40. The molecule has 6 aliphatic rings. The minimum Gasteiger partial charge on any atom is -0.512 e. The number of aliphatic imine (C=N–C) groups is 2. The van der Waals surface area contributed by atoms with Gasteiger partial charge in [-0.2, -0.15) is 0 Å². The van der Waals surface area contributed by atoms with Gasteiger partial charge < -0.3 is 31.8 Å². The van der Waals surface area contributed by atoms with E-state index in [4.69, 9.17) is 48.3 Å². The number of benzene rings is 2. The number of amides is 3. The normalized spacial score (nSPS) is 29.1. The molecular weight excluding hydrogens is 892 g/mol. The third-order valence-corrected chi connectivity index (χ3v) is 13.7. The Kier molecular flexibility index (Phi) is 15.9. The molecule has 61 heavy (non-hydrogen) atoms. The summed E-state index contributed by atoms with van der Waals surface area (Å²) >= 11 is 3.57. The molecule has 14 nitrogen and oxygen atoms in total. The van der Waals surface area contributed by atoms with Crippen LogP contribution in [0.1, 0.15) is 109 Å². The van der Waals surface area contributed by atoms with Crippen molar-refractivity contribution in [3.8, 4) is 0 Å². The van der Waals surface area contributed by atoms with Crippen molar-refractivity contribution in [2.75, 3.05) is 28.3 Å². The smallest absolute Gasteiger partial charge is 0.512 e. The van der Waals surface area contributed by atoms with Crippen LogP contribution in [0, 0.1) is 29.2 Å². The molecule has 0 saturated heterocycles. The van der Waals surface area contributed by atoms with Crippen LogP contribution in [-0.4, -0.2) is 85.8 Å². The van der Waals surface area contributed by atoms with Crippen molar-refractivity contribution in [1.29, 1.82) is 5.26 Å². The zero-order valence-electron chi connectivity index (χ0n) is 34.6. The molecule has 2 aliphatic heterocycles. The quantitative estimate of drug-likeness (QED) is 0.226. The molecule has 2 saturated carbocycles. The Hall–Kier alpha value is -4.31. The van der Waals surface area contributed by atoms with Crippen molar-refractivity contribution in [3.63, 3.8) is 0 Å². The van der Waals surface area contributed by atoms with Gasteiger partial charge in [-0.25, -0.2) is 19.6 Å². The molecule has 3 amide bonds. The molecule has 2 unspecified atom stereocenters. The Morgan fingerprint density at radius 2 is 1.31 bits per heavy atom. The van der Waals surface area contributed by atoms with Gasteiger partial charge in [0.2, 0.25) is 5.96 Å². The van der Waals surface area contributed by atoms with Gasteiger partial charge in [0.1, 0.15) is 5.60 Å². The van der Waals surface area contributed by atoms with Gasteiger partial charge in [0.25, 0.3) is 11.8 Å². The van der Waals surface area contributed by atoms with Crippen LogP contribution in [-0.2, 0) is 64.8 Å². The molecule has 8 rings (SSSR count). The summed E-state index contributed by atoms with van der Waals surface area (Å²) < 4.78 is 17.4. The first-order valence-electron chi connectivity index (χ1n) is 19.6. The molecule has 0 radical (unpaired) electrons. The monoisotopic (exact) mass is 950 g/mol. The average molecular weight is 952 g/mol. The number of ether oxygens (including phenoxy) is 3. The van der Waals surface area contributed by atoms with Crippen LogP contribution in [0.25, 0.3) is 4.85 Å². The van der Waals surface area contributed by atoms with E-state index >= 15 is 0 Å². The molecule has 2 aromatic carbocycles. The van der Waals surface area contributed by atoms with Crippen molar-refractivity contribution in [2.24, 2.45) is 26.5 Å². The Bertz CT molecular complexity index is 2110. The van der Waals surface area contributed by atoms with E-state index in [1.807, 2.05) is 30.3 Å². The molecule has 0 bridgehead atoms. The van der Waals surface area contributed by atoms with Gasteiger partial charge in [-0.3, -0.25) is 24.7 Å². The standard InChI is InChI=1S/C23H30BrN3O4.C19H22N4O2.CN.2CH4.Cu/c1-21(2,3)31-20(29)25-19-26-23(18(28)27(19)4)17-12-15(24)7-6-14(17)13-22(23)10-8-16(30-5)9-11-22;1-21-13-5-4-12-11-18(8-6-14(25-3)7-9-18)19(15(12)10-13)16(24)23(2)17(20)22-19;1-2;;;/h6-7,12,16H,8-11,13H2,1-5H3,(H,25,26,29);4-5,10,14H,6-9,11H2,2-3H3,(H2,20,22);;2*1H4;/q;;-1;;;+1. The number of methoxy groups -OCH3 is 2. The molecule has 334 valence electrons. The van der Waals surface area contributed by atoms with Crippen molar-refractivity contribution < 1.29 is 45.7 Å². The summed E-state index contributed by atoms with van der Waals surface area (Å²) in [7, 11) is 6.84. The Morgan fingerprint density at radius 3 is 1.75 bits per heavy atom. The van der Waals surface area contributed by atoms with Crippen LogP contribution in [0.4, 0.5) is 10.5 Å². The van der Waals surface area contributed by atoms with Gasteiger partial charge in [-0.1, -0.05) is 55.0 Å². The number of nitrogens with zero attached hydrogens (tertiary/aromatic N) is 6. The minimum absolute atomic E-state index is 0. The number of carbonyl (C=O) groups is 3. The number of hydrogen-bond donors (Lipinski definition) is 2.